The van der Waals surface area contributed by atoms with Gasteiger partial charge in [0.2, 0.25) is 5.91 Å². The minimum atomic E-state index is -0.164. The second-order valence-corrected chi connectivity index (χ2v) is 7.09. The molecule has 3 rings (SSSR count). The van der Waals surface area contributed by atoms with Gasteiger partial charge in [0.1, 0.15) is 0 Å². The van der Waals surface area contributed by atoms with Crippen molar-refractivity contribution in [1.29, 1.82) is 0 Å². The van der Waals surface area contributed by atoms with E-state index in [2.05, 4.69) is 10.6 Å². The molecule has 140 valence electrons. The molecule has 5 nitrogen and oxygen atoms in total. The van der Waals surface area contributed by atoms with E-state index in [-0.39, 0.29) is 23.3 Å². The molecule has 0 atom stereocenters. The van der Waals surface area contributed by atoms with E-state index >= 15 is 0 Å². The highest BCUT2D eigenvalue weighted by Gasteiger charge is 2.19. The maximum absolute atomic E-state index is 12.3. The Morgan fingerprint density at radius 3 is 2.37 bits per heavy atom. The SMILES string of the molecule is Cc1ccccc1CC(=O)NC(=S)Nc1ccc(C(=O)N2CCCC2)cc1. The minimum Gasteiger partial charge on any atom is -0.339 e. The zero-order valence-corrected chi connectivity index (χ0v) is 16.1. The number of likely N-dealkylation sites (tertiary alicyclic amines) is 1. The van der Waals surface area contributed by atoms with Crippen molar-refractivity contribution < 1.29 is 9.59 Å². The van der Waals surface area contributed by atoms with Gasteiger partial charge in [-0.05, 0) is 67.4 Å². The number of carbonyl (C=O) groups excluding carboxylic acids is 2. The van der Waals surface area contributed by atoms with E-state index in [9.17, 15) is 9.59 Å². The number of nitrogens with one attached hydrogen (secondary N) is 2. The van der Waals surface area contributed by atoms with Crippen LogP contribution in [0.5, 0.6) is 0 Å². The van der Waals surface area contributed by atoms with Gasteiger partial charge in [0.15, 0.2) is 5.11 Å². The normalized spacial score (nSPS) is 13.3. The number of benzene rings is 2. The molecule has 0 spiro atoms. The summed E-state index contributed by atoms with van der Waals surface area (Å²) in [6.07, 6.45) is 2.42. The van der Waals surface area contributed by atoms with Gasteiger partial charge in [0, 0.05) is 24.3 Å². The second kappa shape index (κ2) is 8.77. The van der Waals surface area contributed by atoms with Crippen molar-refractivity contribution in [3.05, 3.63) is 65.2 Å². The van der Waals surface area contributed by atoms with Crippen LogP contribution in [0.2, 0.25) is 0 Å². The van der Waals surface area contributed by atoms with E-state index in [4.69, 9.17) is 12.2 Å². The highest BCUT2D eigenvalue weighted by atomic mass is 32.1. The molecule has 6 heteroatoms. The largest absolute Gasteiger partial charge is 0.339 e. The summed E-state index contributed by atoms with van der Waals surface area (Å²) < 4.78 is 0. The average Bonchev–Trinajstić information content (AvgIpc) is 3.18. The highest BCUT2D eigenvalue weighted by molar-refractivity contribution is 7.80. The molecule has 2 N–H and O–H groups in total. The standard InChI is InChI=1S/C21H23N3O2S/c1-15-6-2-3-7-17(15)14-19(25)23-21(27)22-18-10-8-16(9-11-18)20(26)24-12-4-5-13-24/h2-3,6-11H,4-5,12-14H2,1H3,(H2,22,23,25,27). The van der Waals surface area contributed by atoms with Gasteiger partial charge in [-0.2, -0.15) is 0 Å². The molecule has 0 bridgehead atoms. The summed E-state index contributed by atoms with van der Waals surface area (Å²) in [5.74, 6) is -0.101. The Bertz CT molecular complexity index is 843. The monoisotopic (exact) mass is 381 g/mol. The van der Waals surface area contributed by atoms with Gasteiger partial charge < -0.3 is 15.5 Å². The smallest absolute Gasteiger partial charge is 0.253 e. The van der Waals surface area contributed by atoms with E-state index < -0.39 is 0 Å². The van der Waals surface area contributed by atoms with Crippen LogP contribution in [0.1, 0.15) is 34.3 Å². The number of thiocarbonyl (C=S) groups is 1. The van der Waals surface area contributed by atoms with Crippen molar-refractivity contribution in [3.63, 3.8) is 0 Å². The fraction of sp³-hybridized carbons (Fsp3) is 0.286. The lowest BCUT2D eigenvalue weighted by Gasteiger charge is -2.15. The molecule has 0 aliphatic carbocycles. The Balaban J connectivity index is 1.52. The van der Waals surface area contributed by atoms with Crippen LogP contribution < -0.4 is 10.6 Å². The number of aryl methyl sites for hydroxylation is 1. The van der Waals surface area contributed by atoms with Gasteiger partial charge in [-0.25, -0.2) is 0 Å². The lowest BCUT2D eigenvalue weighted by molar-refractivity contribution is -0.119. The molecule has 1 heterocycles. The predicted molar refractivity (Wildman–Crippen MR) is 111 cm³/mol. The Labute approximate surface area is 164 Å². The van der Waals surface area contributed by atoms with E-state index in [0.717, 1.165) is 42.7 Å². The lowest BCUT2D eigenvalue weighted by Crippen LogP contribution is -2.35. The molecule has 0 unspecified atom stereocenters. The molecule has 27 heavy (non-hydrogen) atoms. The molecular formula is C21H23N3O2S. The number of amides is 2. The first-order valence-electron chi connectivity index (χ1n) is 9.07. The first-order chi connectivity index (χ1) is 13.0. The summed E-state index contributed by atoms with van der Waals surface area (Å²) in [6, 6.07) is 14.9. The molecule has 1 aliphatic heterocycles. The Morgan fingerprint density at radius 1 is 1.04 bits per heavy atom. The van der Waals surface area contributed by atoms with Gasteiger partial charge in [0.05, 0.1) is 6.42 Å². The maximum atomic E-state index is 12.3. The molecule has 1 aliphatic rings. The first kappa shape index (κ1) is 19.0. The maximum Gasteiger partial charge on any atom is 0.253 e. The molecule has 1 fully saturated rings. The lowest BCUT2D eigenvalue weighted by atomic mass is 10.1. The first-order valence-corrected chi connectivity index (χ1v) is 9.48. The van der Waals surface area contributed by atoms with Crippen LogP contribution in [-0.4, -0.2) is 34.9 Å². The van der Waals surface area contributed by atoms with Crippen LogP contribution in [0.4, 0.5) is 5.69 Å². The van der Waals surface area contributed by atoms with Crippen LogP contribution in [0.3, 0.4) is 0 Å². The zero-order valence-electron chi connectivity index (χ0n) is 15.3. The third kappa shape index (κ3) is 5.14. The minimum absolute atomic E-state index is 0.0631. The van der Waals surface area contributed by atoms with Crippen molar-refractivity contribution in [2.45, 2.75) is 26.2 Å². The summed E-state index contributed by atoms with van der Waals surface area (Å²) in [7, 11) is 0. The van der Waals surface area contributed by atoms with E-state index in [1.807, 2.05) is 36.1 Å². The topological polar surface area (TPSA) is 61.4 Å². The molecule has 2 aromatic carbocycles. The fourth-order valence-electron chi connectivity index (χ4n) is 3.11. The van der Waals surface area contributed by atoms with E-state index in [1.165, 1.54) is 0 Å². The Kier molecular flexibility index (Phi) is 6.19. The van der Waals surface area contributed by atoms with Crippen LogP contribution in [0.15, 0.2) is 48.5 Å². The van der Waals surface area contributed by atoms with Crippen molar-refractivity contribution in [1.82, 2.24) is 10.2 Å². The Hall–Kier alpha value is -2.73. The second-order valence-electron chi connectivity index (χ2n) is 6.68. The molecule has 0 aromatic heterocycles. The quantitative estimate of drug-likeness (QED) is 0.798. The summed E-state index contributed by atoms with van der Waals surface area (Å²) in [6.45, 7) is 3.63. The number of nitrogens with zero attached hydrogens (tertiary/aromatic N) is 1. The van der Waals surface area contributed by atoms with E-state index in [0.29, 0.717) is 5.56 Å². The van der Waals surface area contributed by atoms with Gasteiger partial charge in [-0.1, -0.05) is 24.3 Å². The summed E-state index contributed by atoms with van der Waals surface area (Å²) in [4.78, 5) is 26.4. The van der Waals surface area contributed by atoms with Crippen LogP contribution >= 0.6 is 12.2 Å². The fourth-order valence-corrected chi connectivity index (χ4v) is 3.35. The number of hydrogen-bond acceptors (Lipinski definition) is 3. The highest BCUT2D eigenvalue weighted by Crippen LogP contribution is 2.15. The predicted octanol–water partition coefficient (Wildman–Crippen LogP) is 3.29. The summed E-state index contributed by atoms with van der Waals surface area (Å²) in [5, 5.41) is 5.92. The van der Waals surface area contributed by atoms with Crippen LogP contribution in [-0.2, 0) is 11.2 Å². The molecule has 1 saturated heterocycles. The van der Waals surface area contributed by atoms with Gasteiger partial charge in [-0.15, -0.1) is 0 Å². The zero-order chi connectivity index (χ0) is 19.2. The van der Waals surface area contributed by atoms with Crippen molar-refractivity contribution in [2.75, 3.05) is 18.4 Å². The Morgan fingerprint density at radius 2 is 1.70 bits per heavy atom. The number of anilines is 1. The summed E-state index contributed by atoms with van der Waals surface area (Å²) >= 11 is 5.21. The van der Waals surface area contributed by atoms with Gasteiger partial charge >= 0.3 is 0 Å². The molecule has 0 saturated carbocycles. The van der Waals surface area contributed by atoms with Crippen LogP contribution in [0.25, 0.3) is 0 Å². The third-order valence-electron chi connectivity index (χ3n) is 4.65. The van der Waals surface area contributed by atoms with Crippen molar-refractivity contribution in [2.24, 2.45) is 0 Å². The molecule has 2 amide bonds. The molecule has 2 aromatic rings. The molecule has 0 radical (unpaired) electrons. The average molecular weight is 382 g/mol. The van der Waals surface area contributed by atoms with Crippen molar-refractivity contribution in [3.8, 4) is 0 Å². The molecular weight excluding hydrogens is 358 g/mol. The van der Waals surface area contributed by atoms with Gasteiger partial charge in [-0.3, -0.25) is 9.59 Å². The summed E-state index contributed by atoms with van der Waals surface area (Å²) in [5.41, 5.74) is 3.44. The number of carbonyl (C=O) groups is 2. The van der Waals surface area contributed by atoms with Gasteiger partial charge in [0.25, 0.3) is 5.91 Å². The van der Waals surface area contributed by atoms with E-state index in [1.54, 1.807) is 24.3 Å². The third-order valence-corrected chi connectivity index (χ3v) is 4.85. The van der Waals surface area contributed by atoms with Crippen molar-refractivity contribution >= 4 is 34.8 Å². The number of hydrogen-bond donors (Lipinski definition) is 2. The van der Waals surface area contributed by atoms with Crippen LogP contribution in [0, 0.1) is 6.92 Å². The number of rotatable bonds is 4.